The first-order chi connectivity index (χ1) is 20.4. The Bertz CT molecular complexity index is 1560. The summed E-state index contributed by atoms with van der Waals surface area (Å²) >= 11 is 0. The van der Waals surface area contributed by atoms with Crippen LogP contribution in [0.15, 0.2) is 42.5 Å². The van der Waals surface area contributed by atoms with Crippen molar-refractivity contribution < 1.29 is 19.1 Å². The number of hydrogen-bond acceptors (Lipinski definition) is 5. The molecule has 4 heterocycles. The highest BCUT2D eigenvalue weighted by molar-refractivity contribution is 6.36. The van der Waals surface area contributed by atoms with Gasteiger partial charge in [-0.2, -0.15) is 0 Å². The molecule has 42 heavy (non-hydrogen) atoms. The van der Waals surface area contributed by atoms with Crippen LogP contribution < -0.4 is 10.6 Å². The second-order valence-corrected chi connectivity index (χ2v) is 11.2. The molecular weight excluding hydrogens is 530 g/mol. The van der Waals surface area contributed by atoms with Gasteiger partial charge in [0, 0.05) is 54.4 Å². The van der Waals surface area contributed by atoms with Crippen LogP contribution in [0.3, 0.4) is 0 Å². The third-order valence-corrected chi connectivity index (χ3v) is 8.45. The van der Waals surface area contributed by atoms with Gasteiger partial charge in [-0.05, 0) is 80.7 Å². The maximum absolute atomic E-state index is 13.3. The average Bonchev–Trinajstić information content (AvgIpc) is 3.71. The summed E-state index contributed by atoms with van der Waals surface area (Å²) in [4.78, 5) is 47.1. The standard InChI is InChI=1S/C33H37N5O4/c1-21-28(35-22(2)29(21)33(41)38-15-17-42-18-16-38)20-26-30-25(9-6-10-27(30)36-32(26)40)23-7-5-8-24(19-23)31(39)34-11-14-37-12-3-4-13-37/h5-10,19-20,35H,3-4,11-18H2,1-2H3,(H,34,39)(H,36,40)/b26-20-. The van der Waals surface area contributed by atoms with Crippen LogP contribution in [-0.2, 0) is 9.53 Å². The van der Waals surface area contributed by atoms with Crippen molar-refractivity contribution in [3.8, 4) is 11.1 Å². The van der Waals surface area contributed by atoms with Gasteiger partial charge in [0.2, 0.25) is 0 Å². The lowest BCUT2D eigenvalue weighted by molar-refractivity contribution is -0.110. The van der Waals surface area contributed by atoms with Crippen LogP contribution in [0.2, 0.25) is 0 Å². The number of aromatic amines is 1. The number of carbonyl (C=O) groups excluding carboxylic acids is 3. The first-order valence-corrected chi connectivity index (χ1v) is 14.7. The number of H-pyrrole nitrogens is 1. The molecule has 0 radical (unpaired) electrons. The summed E-state index contributed by atoms with van der Waals surface area (Å²) in [6.07, 6.45) is 4.28. The molecule has 0 bridgehead atoms. The number of nitrogens with one attached hydrogen (secondary N) is 3. The SMILES string of the molecule is Cc1[nH]c(/C=C2\C(=O)Nc3cccc(-c4cccc(C(=O)NCCN5CCCC5)c4)c32)c(C)c1C(=O)N1CCOCC1. The van der Waals surface area contributed by atoms with Crippen molar-refractivity contribution in [1.82, 2.24) is 20.1 Å². The number of benzene rings is 2. The molecule has 9 heteroatoms. The van der Waals surface area contributed by atoms with E-state index in [-0.39, 0.29) is 17.7 Å². The van der Waals surface area contributed by atoms with E-state index in [4.69, 9.17) is 4.74 Å². The van der Waals surface area contributed by atoms with Crippen LogP contribution >= 0.6 is 0 Å². The molecule has 3 aliphatic rings. The molecule has 3 aliphatic heterocycles. The number of aromatic nitrogens is 1. The van der Waals surface area contributed by atoms with Crippen molar-refractivity contribution in [2.45, 2.75) is 26.7 Å². The number of amides is 3. The predicted molar refractivity (Wildman–Crippen MR) is 163 cm³/mol. The molecule has 0 aliphatic carbocycles. The Morgan fingerprint density at radius 1 is 1.02 bits per heavy atom. The van der Waals surface area contributed by atoms with Crippen molar-refractivity contribution in [3.63, 3.8) is 0 Å². The molecule has 0 saturated carbocycles. The van der Waals surface area contributed by atoms with Crippen LogP contribution in [0.25, 0.3) is 22.8 Å². The highest BCUT2D eigenvalue weighted by Gasteiger charge is 2.29. The number of aryl methyl sites for hydroxylation is 1. The first kappa shape index (κ1) is 27.9. The molecule has 0 spiro atoms. The number of rotatable bonds is 7. The number of fused-ring (bicyclic) bond motifs is 1. The topological polar surface area (TPSA) is 107 Å². The number of anilines is 1. The molecular formula is C33H37N5O4. The van der Waals surface area contributed by atoms with Gasteiger partial charge in [0.15, 0.2) is 0 Å². The zero-order valence-electron chi connectivity index (χ0n) is 24.2. The molecule has 3 amide bonds. The molecule has 3 aromatic rings. The molecule has 3 N–H and O–H groups in total. The Morgan fingerprint density at radius 2 is 1.79 bits per heavy atom. The van der Waals surface area contributed by atoms with Gasteiger partial charge < -0.3 is 30.2 Å². The van der Waals surface area contributed by atoms with E-state index in [0.29, 0.717) is 49.5 Å². The van der Waals surface area contributed by atoms with E-state index in [0.717, 1.165) is 59.0 Å². The molecule has 218 valence electrons. The van der Waals surface area contributed by atoms with Crippen LogP contribution in [0.1, 0.15) is 56.1 Å². The van der Waals surface area contributed by atoms with Gasteiger partial charge in [-0.25, -0.2) is 0 Å². The molecule has 1 aromatic heterocycles. The summed E-state index contributed by atoms with van der Waals surface area (Å²) in [5.41, 5.74) is 7.23. The summed E-state index contributed by atoms with van der Waals surface area (Å²) in [5, 5.41) is 6.04. The van der Waals surface area contributed by atoms with Gasteiger partial charge >= 0.3 is 0 Å². The number of ether oxygens (including phenoxy) is 1. The molecule has 2 saturated heterocycles. The van der Waals surface area contributed by atoms with Crippen molar-refractivity contribution in [1.29, 1.82) is 0 Å². The molecule has 2 aromatic carbocycles. The van der Waals surface area contributed by atoms with Crippen LogP contribution in [0, 0.1) is 13.8 Å². The van der Waals surface area contributed by atoms with Crippen molar-refractivity contribution in [2.24, 2.45) is 0 Å². The predicted octanol–water partition coefficient (Wildman–Crippen LogP) is 4.09. The molecule has 0 atom stereocenters. The summed E-state index contributed by atoms with van der Waals surface area (Å²) in [7, 11) is 0. The molecule has 9 nitrogen and oxygen atoms in total. The van der Waals surface area contributed by atoms with E-state index in [1.54, 1.807) is 0 Å². The fourth-order valence-corrected chi connectivity index (χ4v) is 6.20. The molecule has 6 rings (SSSR count). The Labute approximate surface area is 245 Å². The highest BCUT2D eigenvalue weighted by atomic mass is 16.5. The molecule has 2 fully saturated rings. The van der Waals surface area contributed by atoms with Crippen LogP contribution in [-0.4, -0.2) is 85.0 Å². The maximum atomic E-state index is 13.3. The fraction of sp³-hybridized carbons (Fsp3) is 0.364. The van der Waals surface area contributed by atoms with E-state index in [2.05, 4.69) is 20.5 Å². The lowest BCUT2D eigenvalue weighted by Gasteiger charge is -2.27. The third-order valence-electron chi connectivity index (χ3n) is 8.45. The summed E-state index contributed by atoms with van der Waals surface area (Å²) in [6.45, 7) is 9.66. The smallest absolute Gasteiger partial charge is 0.256 e. The number of morpholine rings is 1. The Kier molecular flexibility index (Phi) is 7.95. The quantitative estimate of drug-likeness (QED) is 0.373. The maximum Gasteiger partial charge on any atom is 0.256 e. The number of likely N-dealkylation sites (tertiary alicyclic amines) is 1. The zero-order chi connectivity index (χ0) is 29.2. The van der Waals surface area contributed by atoms with Gasteiger partial charge in [0.25, 0.3) is 17.7 Å². The van der Waals surface area contributed by atoms with Gasteiger partial charge in [-0.1, -0.05) is 24.3 Å². The average molecular weight is 568 g/mol. The van der Waals surface area contributed by atoms with E-state index in [1.807, 2.05) is 67.3 Å². The van der Waals surface area contributed by atoms with E-state index in [9.17, 15) is 14.4 Å². The van der Waals surface area contributed by atoms with Crippen LogP contribution in [0.4, 0.5) is 5.69 Å². The fourth-order valence-electron chi connectivity index (χ4n) is 6.20. The van der Waals surface area contributed by atoms with E-state index < -0.39 is 0 Å². The lowest BCUT2D eigenvalue weighted by atomic mass is 9.93. The summed E-state index contributed by atoms with van der Waals surface area (Å²) < 4.78 is 5.41. The molecule has 0 unspecified atom stereocenters. The van der Waals surface area contributed by atoms with Gasteiger partial charge in [-0.15, -0.1) is 0 Å². The number of hydrogen-bond donors (Lipinski definition) is 3. The summed E-state index contributed by atoms with van der Waals surface area (Å²) in [5.74, 6) is -0.341. The normalized spacial score (nSPS) is 17.9. The Hall–Kier alpha value is -4.21. The first-order valence-electron chi connectivity index (χ1n) is 14.7. The minimum Gasteiger partial charge on any atom is -0.378 e. The summed E-state index contributed by atoms with van der Waals surface area (Å²) in [6, 6.07) is 13.3. The highest BCUT2D eigenvalue weighted by Crippen LogP contribution is 2.41. The Morgan fingerprint density at radius 3 is 2.57 bits per heavy atom. The van der Waals surface area contributed by atoms with Crippen molar-refractivity contribution in [3.05, 3.63) is 76.1 Å². The minimum atomic E-state index is -0.207. The van der Waals surface area contributed by atoms with E-state index >= 15 is 0 Å². The second-order valence-electron chi connectivity index (χ2n) is 11.2. The zero-order valence-corrected chi connectivity index (χ0v) is 24.2. The van der Waals surface area contributed by atoms with Gasteiger partial charge in [-0.3, -0.25) is 14.4 Å². The lowest BCUT2D eigenvalue weighted by Crippen LogP contribution is -2.41. The van der Waals surface area contributed by atoms with Crippen molar-refractivity contribution >= 4 is 35.1 Å². The minimum absolute atomic E-state index is 0.0262. The van der Waals surface area contributed by atoms with Crippen LogP contribution in [0.5, 0.6) is 0 Å². The number of carbonyl (C=O) groups is 3. The third kappa shape index (κ3) is 5.49. The van der Waals surface area contributed by atoms with Crippen molar-refractivity contribution in [2.75, 3.05) is 57.8 Å². The van der Waals surface area contributed by atoms with Gasteiger partial charge in [0.05, 0.1) is 24.4 Å². The van der Waals surface area contributed by atoms with Gasteiger partial charge in [0.1, 0.15) is 0 Å². The Balaban J connectivity index is 1.29. The van der Waals surface area contributed by atoms with E-state index in [1.165, 1.54) is 12.8 Å². The largest absolute Gasteiger partial charge is 0.378 e. The monoisotopic (exact) mass is 567 g/mol. The second kappa shape index (κ2) is 12.0. The number of nitrogens with zero attached hydrogens (tertiary/aromatic N) is 2.